The number of carbonyl (C=O) groups is 1. The number of benzene rings is 1. The van der Waals surface area contributed by atoms with Crippen molar-refractivity contribution in [3.05, 3.63) is 41.5 Å². The molecule has 0 aliphatic carbocycles. The summed E-state index contributed by atoms with van der Waals surface area (Å²) in [7, 11) is 0. The average molecular weight is 329 g/mol. The van der Waals surface area contributed by atoms with Gasteiger partial charge in [-0.05, 0) is 24.5 Å². The fourth-order valence-electron chi connectivity index (χ4n) is 3.46. The number of nitrogens with zero attached hydrogens (tertiary/aromatic N) is 3. The van der Waals surface area contributed by atoms with Gasteiger partial charge in [-0.2, -0.15) is 4.98 Å². The second-order valence-electron chi connectivity index (χ2n) is 6.20. The van der Waals surface area contributed by atoms with E-state index in [1.807, 2.05) is 17.0 Å². The minimum absolute atomic E-state index is 0.0121. The van der Waals surface area contributed by atoms with Gasteiger partial charge in [-0.1, -0.05) is 23.4 Å². The number of likely N-dealkylation sites (tertiary alicyclic amines) is 1. The molecule has 1 saturated heterocycles. The zero-order valence-electron chi connectivity index (χ0n) is 13.1. The van der Waals surface area contributed by atoms with E-state index < -0.39 is 0 Å². The molecule has 1 fully saturated rings. The summed E-state index contributed by atoms with van der Waals surface area (Å²) in [4.78, 5) is 20.6. The number of fused-ring (bicyclic) bond motifs is 1. The minimum Gasteiger partial charge on any atom is -0.341 e. The highest BCUT2D eigenvalue weighted by Crippen LogP contribution is 2.41. The zero-order valence-corrected chi connectivity index (χ0v) is 13.9. The number of thioether (sulfide) groups is 1. The number of aryl methyl sites for hydroxylation is 1. The Morgan fingerprint density at radius 2 is 2.26 bits per heavy atom. The molecule has 1 aromatic carbocycles. The van der Waals surface area contributed by atoms with Crippen molar-refractivity contribution in [3.63, 3.8) is 0 Å². The van der Waals surface area contributed by atoms with Crippen LogP contribution < -0.4 is 0 Å². The Morgan fingerprint density at radius 3 is 3.09 bits per heavy atom. The van der Waals surface area contributed by atoms with Crippen LogP contribution in [0.1, 0.15) is 42.0 Å². The lowest BCUT2D eigenvalue weighted by atomic mass is 9.94. The molecule has 0 unspecified atom stereocenters. The quantitative estimate of drug-likeness (QED) is 0.848. The standard InChI is InChI=1S/C17H19N3O2S/c1-11-18-16(19-22-11)12-5-4-8-20(9-12)17(21)14-10-23-15-7-3-2-6-13(14)15/h2-3,6-7,12,14H,4-5,8-10H2,1H3/t12-,14+/m0/s1. The van der Waals surface area contributed by atoms with Gasteiger partial charge >= 0.3 is 0 Å². The van der Waals surface area contributed by atoms with Crippen molar-refractivity contribution in [1.29, 1.82) is 0 Å². The molecular weight excluding hydrogens is 310 g/mol. The molecule has 5 nitrogen and oxygen atoms in total. The van der Waals surface area contributed by atoms with Crippen LogP contribution in [0.5, 0.6) is 0 Å². The van der Waals surface area contributed by atoms with Gasteiger partial charge in [0.1, 0.15) is 0 Å². The van der Waals surface area contributed by atoms with E-state index >= 15 is 0 Å². The van der Waals surface area contributed by atoms with Gasteiger partial charge in [0, 0.05) is 36.6 Å². The van der Waals surface area contributed by atoms with E-state index in [1.165, 1.54) is 10.5 Å². The normalized spacial score (nSPS) is 23.8. The number of hydrogen-bond acceptors (Lipinski definition) is 5. The Labute approximate surface area is 139 Å². The summed E-state index contributed by atoms with van der Waals surface area (Å²) >= 11 is 1.78. The van der Waals surface area contributed by atoms with Crippen molar-refractivity contribution in [3.8, 4) is 0 Å². The Morgan fingerprint density at radius 1 is 1.39 bits per heavy atom. The first kappa shape index (κ1) is 14.8. The zero-order chi connectivity index (χ0) is 15.8. The highest BCUT2D eigenvalue weighted by Gasteiger charge is 2.35. The lowest BCUT2D eigenvalue weighted by molar-refractivity contribution is -0.133. The lowest BCUT2D eigenvalue weighted by Gasteiger charge is -2.33. The second kappa shape index (κ2) is 6.00. The third kappa shape index (κ3) is 2.76. The molecular formula is C17H19N3O2S. The fraction of sp³-hybridized carbons (Fsp3) is 0.471. The Balaban J connectivity index is 1.51. The largest absolute Gasteiger partial charge is 0.341 e. The molecule has 0 N–H and O–H groups in total. The molecule has 1 aromatic heterocycles. The van der Waals surface area contributed by atoms with E-state index in [4.69, 9.17) is 4.52 Å². The first-order valence-corrected chi connectivity index (χ1v) is 9.01. The van der Waals surface area contributed by atoms with Gasteiger partial charge in [-0.25, -0.2) is 0 Å². The first-order valence-electron chi connectivity index (χ1n) is 8.03. The maximum atomic E-state index is 13.0. The average Bonchev–Trinajstić information content (AvgIpc) is 3.20. The fourth-order valence-corrected chi connectivity index (χ4v) is 4.68. The predicted molar refractivity (Wildman–Crippen MR) is 87.5 cm³/mol. The van der Waals surface area contributed by atoms with Gasteiger partial charge < -0.3 is 9.42 Å². The summed E-state index contributed by atoms with van der Waals surface area (Å²) < 4.78 is 5.09. The van der Waals surface area contributed by atoms with Crippen molar-refractivity contribution in [2.45, 2.75) is 36.5 Å². The van der Waals surface area contributed by atoms with Crippen molar-refractivity contribution in [2.75, 3.05) is 18.8 Å². The van der Waals surface area contributed by atoms with Crippen LogP contribution in [0.2, 0.25) is 0 Å². The van der Waals surface area contributed by atoms with Gasteiger partial charge in [-0.15, -0.1) is 11.8 Å². The van der Waals surface area contributed by atoms with Crippen LogP contribution in [-0.4, -0.2) is 39.8 Å². The Hall–Kier alpha value is -1.82. The molecule has 6 heteroatoms. The Bertz CT molecular complexity index is 730. The van der Waals surface area contributed by atoms with Crippen LogP contribution in [-0.2, 0) is 4.79 Å². The van der Waals surface area contributed by atoms with Gasteiger partial charge in [0.2, 0.25) is 11.8 Å². The molecule has 0 saturated carbocycles. The number of rotatable bonds is 2. The highest BCUT2D eigenvalue weighted by molar-refractivity contribution is 7.99. The van der Waals surface area contributed by atoms with Crippen LogP contribution in [0, 0.1) is 6.92 Å². The summed E-state index contributed by atoms with van der Waals surface area (Å²) in [6, 6.07) is 8.25. The van der Waals surface area contributed by atoms with Crippen molar-refractivity contribution >= 4 is 17.7 Å². The van der Waals surface area contributed by atoms with Crippen LogP contribution in [0.4, 0.5) is 0 Å². The first-order chi connectivity index (χ1) is 11.2. The molecule has 23 heavy (non-hydrogen) atoms. The minimum atomic E-state index is -0.0121. The number of amides is 1. The maximum absolute atomic E-state index is 13.0. The van der Waals surface area contributed by atoms with Crippen LogP contribution in [0.15, 0.2) is 33.7 Å². The number of carbonyl (C=O) groups excluding carboxylic acids is 1. The van der Waals surface area contributed by atoms with Gasteiger partial charge in [0.05, 0.1) is 5.92 Å². The second-order valence-corrected chi connectivity index (χ2v) is 7.26. The van der Waals surface area contributed by atoms with Crippen molar-refractivity contribution in [2.24, 2.45) is 0 Å². The van der Waals surface area contributed by atoms with Gasteiger partial charge in [-0.3, -0.25) is 4.79 Å². The molecule has 2 atom stereocenters. The maximum Gasteiger partial charge on any atom is 0.231 e. The molecule has 0 bridgehead atoms. The van der Waals surface area contributed by atoms with Crippen LogP contribution in [0.25, 0.3) is 0 Å². The van der Waals surface area contributed by atoms with Crippen LogP contribution >= 0.6 is 11.8 Å². The van der Waals surface area contributed by atoms with Gasteiger partial charge in [0.25, 0.3) is 0 Å². The third-order valence-electron chi connectivity index (χ3n) is 4.64. The lowest BCUT2D eigenvalue weighted by Crippen LogP contribution is -2.42. The highest BCUT2D eigenvalue weighted by atomic mass is 32.2. The van der Waals surface area contributed by atoms with E-state index in [9.17, 15) is 4.79 Å². The summed E-state index contributed by atoms with van der Waals surface area (Å²) in [6.07, 6.45) is 2.00. The number of hydrogen-bond donors (Lipinski definition) is 0. The summed E-state index contributed by atoms with van der Waals surface area (Å²) in [6.45, 7) is 3.32. The van der Waals surface area contributed by atoms with Crippen molar-refractivity contribution < 1.29 is 9.32 Å². The molecule has 120 valence electrons. The topological polar surface area (TPSA) is 59.2 Å². The molecule has 2 aliphatic heterocycles. The van der Waals surface area contributed by atoms with E-state index in [-0.39, 0.29) is 17.7 Å². The molecule has 0 radical (unpaired) electrons. The smallest absolute Gasteiger partial charge is 0.231 e. The van der Waals surface area contributed by atoms with E-state index in [0.717, 1.165) is 31.0 Å². The number of aromatic nitrogens is 2. The summed E-state index contributed by atoms with van der Waals surface area (Å²) in [5.41, 5.74) is 1.18. The van der Waals surface area contributed by atoms with E-state index in [2.05, 4.69) is 22.3 Å². The molecule has 1 amide bonds. The van der Waals surface area contributed by atoms with Crippen LogP contribution in [0.3, 0.4) is 0 Å². The van der Waals surface area contributed by atoms with E-state index in [1.54, 1.807) is 18.7 Å². The predicted octanol–water partition coefficient (Wildman–Crippen LogP) is 2.97. The molecule has 0 spiro atoms. The third-order valence-corrected chi connectivity index (χ3v) is 5.82. The van der Waals surface area contributed by atoms with Crippen molar-refractivity contribution in [1.82, 2.24) is 15.0 Å². The monoisotopic (exact) mass is 329 g/mol. The number of piperidine rings is 1. The summed E-state index contributed by atoms with van der Waals surface area (Å²) in [5, 5.41) is 4.04. The molecule has 4 rings (SSSR count). The summed E-state index contributed by atoms with van der Waals surface area (Å²) in [5.74, 6) is 2.59. The Kier molecular flexibility index (Phi) is 3.85. The molecule has 3 heterocycles. The molecule has 2 aliphatic rings. The van der Waals surface area contributed by atoms with E-state index in [0.29, 0.717) is 12.4 Å². The molecule has 2 aromatic rings. The SMILES string of the molecule is Cc1nc([C@H]2CCCN(C(=O)[C@@H]3CSc4ccccc43)C2)no1. The van der Waals surface area contributed by atoms with Gasteiger partial charge in [0.15, 0.2) is 5.82 Å².